The summed E-state index contributed by atoms with van der Waals surface area (Å²) in [6, 6.07) is 5.91. The van der Waals surface area contributed by atoms with Crippen molar-refractivity contribution in [3.05, 3.63) is 23.8 Å². The Morgan fingerprint density at radius 3 is 3.00 bits per heavy atom. The molecule has 1 saturated heterocycles. The van der Waals surface area contributed by atoms with E-state index < -0.39 is 0 Å². The molecule has 0 spiro atoms. The third-order valence-electron chi connectivity index (χ3n) is 4.67. The number of rotatable bonds is 0. The highest BCUT2D eigenvalue weighted by molar-refractivity contribution is 5.97. The largest absolute Gasteiger partial charge is 0.454 e. The molecule has 2 aromatic rings. The lowest BCUT2D eigenvalue weighted by molar-refractivity contribution is -0.120. The van der Waals surface area contributed by atoms with Crippen LogP contribution >= 0.6 is 0 Å². The van der Waals surface area contributed by atoms with E-state index in [1.807, 2.05) is 12.1 Å². The topological polar surface area (TPSA) is 63.7 Å². The number of pyridine rings is 1. The first kappa shape index (κ1) is 12.2. The maximum atomic E-state index is 12.3. The van der Waals surface area contributed by atoms with Crippen molar-refractivity contribution in [2.75, 3.05) is 18.7 Å². The van der Waals surface area contributed by atoms with Gasteiger partial charge in [-0.25, -0.2) is 4.98 Å². The Hall–Kier alpha value is -2.34. The molecule has 6 nitrogen and oxygen atoms in total. The maximum Gasteiger partial charge on any atom is 0.242 e. The lowest BCUT2D eigenvalue weighted by Gasteiger charge is -2.19. The van der Waals surface area contributed by atoms with Crippen LogP contribution in [0.3, 0.4) is 0 Å². The summed E-state index contributed by atoms with van der Waals surface area (Å²) in [6.45, 7) is 1.98. The van der Waals surface area contributed by atoms with Gasteiger partial charge in [0, 0.05) is 23.6 Å². The molecule has 0 aliphatic carbocycles. The number of amides is 1. The zero-order chi connectivity index (χ0) is 14.7. The average molecular weight is 297 g/mol. The molecule has 0 unspecified atom stereocenters. The molecule has 0 bridgehead atoms. The van der Waals surface area contributed by atoms with Gasteiger partial charge in [0.1, 0.15) is 5.82 Å². The fourth-order valence-electron chi connectivity index (χ4n) is 3.57. The van der Waals surface area contributed by atoms with Crippen LogP contribution < -0.4 is 14.8 Å². The van der Waals surface area contributed by atoms with Crippen LogP contribution in [0.25, 0.3) is 10.9 Å². The molecular formula is C16H15N3O3. The summed E-state index contributed by atoms with van der Waals surface area (Å²) in [5.41, 5.74) is 1.87. The lowest BCUT2D eigenvalue weighted by Crippen LogP contribution is -2.36. The van der Waals surface area contributed by atoms with Gasteiger partial charge in [-0.1, -0.05) is 0 Å². The van der Waals surface area contributed by atoms with Gasteiger partial charge in [-0.05, 0) is 31.5 Å². The molecule has 6 heteroatoms. The van der Waals surface area contributed by atoms with Crippen molar-refractivity contribution in [3.8, 4) is 11.5 Å². The van der Waals surface area contributed by atoms with E-state index in [0.717, 1.165) is 48.1 Å². The number of nitrogens with one attached hydrogen (secondary N) is 1. The van der Waals surface area contributed by atoms with Crippen LogP contribution in [0, 0.1) is 0 Å². The van der Waals surface area contributed by atoms with Crippen molar-refractivity contribution < 1.29 is 14.3 Å². The molecule has 1 aromatic heterocycles. The van der Waals surface area contributed by atoms with Crippen LogP contribution in [-0.4, -0.2) is 35.2 Å². The molecule has 1 fully saturated rings. The molecule has 112 valence electrons. The summed E-state index contributed by atoms with van der Waals surface area (Å²) in [7, 11) is 0. The van der Waals surface area contributed by atoms with Gasteiger partial charge in [0.05, 0.1) is 11.6 Å². The molecule has 3 aliphatic rings. The first-order chi connectivity index (χ1) is 10.8. The summed E-state index contributed by atoms with van der Waals surface area (Å²) in [5.74, 6) is 2.20. The number of ether oxygens (including phenoxy) is 2. The lowest BCUT2D eigenvalue weighted by atomic mass is 10.1. The Bertz CT molecular complexity index is 805. The fourth-order valence-corrected chi connectivity index (χ4v) is 3.57. The van der Waals surface area contributed by atoms with E-state index in [2.05, 4.69) is 21.3 Å². The van der Waals surface area contributed by atoms with E-state index in [4.69, 9.17) is 9.47 Å². The molecule has 1 N–H and O–H groups in total. The zero-order valence-electron chi connectivity index (χ0n) is 12.0. The van der Waals surface area contributed by atoms with Gasteiger partial charge in [-0.3, -0.25) is 9.69 Å². The molecule has 1 atom stereocenters. The number of hydrogen-bond acceptors (Lipinski definition) is 5. The van der Waals surface area contributed by atoms with Gasteiger partial charge in [0.25, 0.3) is 0 Å². The number of fused-ring (bicyclic) bond motifs is 4. The van der Waals surface area contributed by atoms with Crippen molar-refractivity contribution in [1.82, 2.24) is 9.88 Å². The highest BCUT2D eigenvalue weighted by atomic mass is 16.7. The maximum absolute atomic E-state index is 12.3. The summed E-state index contributed by atoms with van der Waals surface area (Å²) >= 11 is 0. The molecule has 22 heavy (non-hydrogen) atoms. The fraction of sp³-hybridized carbons (Fsp3) is 0.375. The van der Waals surface area contributed by atoms with E-state index >= 15 is 0 Å². The van der Waals surface area contributed by atoms with E-state index in [-0.39, 0.29) is 18.7 Å². The van der Waals surface area contributed by atoms with Crippen molar-refractivity contribution in [2.45, 2.75) is 25.4 Å². The van der Waals surface area contributed by atoms with Crippen LogP contribution in [0.4, 0.5) is 5.82 Å². The Morgan fingerprint density at radius 1 is 1.23 bits per heavy atom. The quantitative estimate of drug-likeness (QED) is 0.804. The second kappa shape index (κ2) is 4.33. The first-order valence-electron chi connectivity index (χ1n) is 7.56. The third kappa shape index (κ3) is 1.70. The summed E-state index contributed by atoms with van der Waals surface area (Å²) in [5, 5.41) is 4.00. The number of carbonyl (C=O) groups excluding carboxylic acids is 1. The Balaban J connectivity index is 1.66. The second-order valence-electron chi connectivity index (χ2n) is 6.01. The monoisotopic (exact) mass is 297 g/mol. The molecule has 0 saturated carbocycles. The van der Waals surface area contributed by atoms with Gasteiger partial charge in [-0.15, -0.1) is 0 Å². The SMILES string of the molecule is O=C1Nc2nc3cc4c(cc3cc2CN2CCC[C@@H]12)OCO4. The predicted molar refractivity (Wildman–Crippen MR) is 79.9 cm³/mol. The number of hydrogen-bond donors (Lipinski definition) is 1. The summed E-state index contributed by atoms with van der Waals surface area (Å²) in [4.78, 5) is 19.2. The Kier molecular flexibility index (Phi) is 2.41. The number of nitrogens with zero attached hydrogens (tertiary/aromatic N) is 2. The van der Waals surface area contributed by atoms with Crippen LogP contribution in [-0.2, 0) is 11.3 Å². The number of anilines is 1. The minimum Gasteiger partial charge on any atom is -0.454 e. The molecule has 3 aliphatic heterocycles. The Morgan fingerprint density at radius 2 is 2.09 bits per heavy atom. The summed E-state index contributed by atoms with van der Waals surface area (Å²) < 4.78 is 10.8. The van der Waals surface area contributed by atoms with Crippen molar-refractivity contribution >= 4 is 22.6 Å². The molecule has 4 heterocycles. The van der Waals surface area contributed by atoms with Gasteiger partial charge in [-0.2, -0.15) is 0 Å². The summed E-state index contributed by atoms with van der Waals surface area (Å²) in [6.07, 6.45) is 2.00. The van der Waals surface area contributed by atoms with E-state index in [1.165, 1.54) is 0 Å². The number of aromatic nitrogens is 1. The van der Waals surface area contributed by atoms with Gasteiger partial charge in [0.15, 0.2) is 11.5 Å². The van der Waals surface area contributed by atoms with Crippen molar-refractivity contribution in [1.29, 1.82) is 0 Å². The van der Waals surface area contributed by atoms with Crippen LogP contribution in [0.2, 0.25) is 0 Å². The number of carbonyl (C=O) groups is 1. The minimum atomic E-state index is -0.0195. The van der Waals surface area contributed by atoms with Gasteiger partial charge >= 0.3 is 0 Å². The van der Waals surface area contributed by atoms with Crippen LogP contribution in [0.1, 0.15) is 18.4 Å². The molecule has 1 amide bonds. The second-order valence-corrected chi connectivity index (χ2v) is 6.01. The number of benzene rings is 1. The van der Waals surface area contributed by atoms with Gasteiger partial charge in [0.2, 0.25) is 12.7 Å². The normalized spacial score (nSPS) is 23.1. The average Bonchev–Trinajstić information content (AvgIpc) is 3.11. The highest BCUT2D eigenvalue weighted by Gasteiger charge is 2.34. The predicted octanol–water partition coefficient (Wildman–Crippen LogP) is 1.88. The van der Waals surface area contributed by atoms with Crippen molar-refractivity contribution in [2.24, 2.45) is 0 Å². The third-order valence-corrected chi connectivity index (χ3v) is 4.67. The standard InChI is InChI=1S/C16H15N3O3/c20-16-12-2-1-3-19(12)7-10-4-9-5-13-14(22-8-21-13)6-11(9)17-15(10)18-16/h4-6,12H,1-3,7-8H2,(H,17,18,20)/t12-/m0/s1. The van der Waals surface area contributed by atoms with Gasteiger partial charge < -0.3 is 14.8 Å². The van der Waals surface area contributed by atoms with E-state index in [0.29, 0.717) is 11.6 Å². The minimum absolute atomic E-state index is 0.0195. The zero-order valence-corrected chi connectivity index (χ0v) is 12.0. The van der Waals surface area contributed by atoms with Crippen molar-refractivity contribution in [3.63, 3.8) is 0 Å². The van der Waals surface area contributed by atoms with E-state index in [1.54, 1.807) is 0 Å². The molecule has 0 radical (unpaired) electrons. The molecular weight excluding hydrogens is 282 g/mol. The van der Waals surface area contributed by atoms with Crippen LogP contribution in [0.5, 0.6) is 11.5 Å². The Labute approximate surface area is 127 Å². The van der Waals surface area contributed by atoms with E-state index in [9.17, 15) is 4.79 Å². The molecule has 1 aromatic carbocycles. The van der Waals surface area contributed by atoms with Crippen LogP contribution in [0.15, 0.2) is 18.2 Å². The first-order valence-corrected chi connectivity index (χ1v) is 7.56. The highest BCUT2D eigenvalue weighted by Crippen LogP contribution is 2.37. The molecule has 5 rings (SSSR count). The smallest absolute Gasteiger partial charge is 0.242 e.